The smallest absolute Gasteiger partial charge is 0.433 e. The van der Waals surface area contributed by atoms with Crippen molar-refractivity contribution in [2.75, 3.05) is 5.32 Å². The third-order valence-corrected chi connectivity index (χ3v) is 4.21. The molecule has 7 nitrogen and oxygen atoms in total. The number of nitrogens with one attached hydrogen (secondary N) is 1. The number of halogens is 3. The number of thiazole rings is 1. The highest BCUT2D eigenvalue weighted by Gasteiger charge is 2.32. The number of fused-ring (bicyclic) bond motifs is 1. The summed E-state index contributed by atoms with van der Waals surface area (Å²) in [5, 5.41) is 21.1. The highest BCUT2D eigenvalue weighted by Crippen LogP contribution is 2.32. The molecule has 0 aliphatic rings. The van der Waals surface area contributed by atoms with Gasteiger partial charge < -0.3 is 10.2 Å². The molecule has 0 fully saturated rings. The molecular weight excluding hydrogens is 375 g/mol. The average molecular weight is 383 g/mol. The number of nitrogens with zero attached hydrogens (tertiary/aromatic N) is 2. The van der Waals surface area contributed by atoms with E-state index in [2.05, 4.69) is 15.3 Å². The molecule has 2 heterocycles. The van der Waals surface area contributed by atoms with Gasteiger partial charge in [0.05, 0.1) is 15.8 Å². The molecule has 0 saturated heterocycles. The van der Waals surface area contributed by atoms with Crippen LogP contribution in [0.5, 0.6) is 5.75 Å². The molecule has 0 aliphatic carbocycles. The number of carboxylic acids is 1. The number of pyridine rings is 1. The highest BCUT2D eigenvalue weighted by molar-refractivity contribution is 7.22. The fourth-order valence-corrected chi connectivity index (χ4v) is 2.93. The Morgan fingerprint density at radius 2 is 1.92 bits per heavy atom. The predicted molar refractivity (Wildman–Crippen MR) is 85.4 cm³/mol. The van der Waals surface area contributed by atoms with Crippen molar-refractivity contribution in [3.63, 3.8) is 0 Å². The maximum atomic E-state index is 12.5. The first-order valence-electron chi connectivity index (χ1n) is 6.86. The molecule has 0 spiro atoms. The van der Waals surface area contributed by atoms with Crippen molar-refractivity contribution in [2.45, 2.75) is 6.18 Å². The average Bonchev–Trinajstić information content (AvgIpc) is 2.94. The normalized spacial score (nSPS) is 11.5. The molecule has 26 heavy (non-hydrogen) atoms. The third kappa shape index (κ3) is 3.42. The zero-order valence-corrected chi connectivity index (χ0v) is 13.4. The molecule has 2 aromatic heterocycles. The molecular formula is C15H8F3N3O4S. The van der Waals surface area contributed by atoms with Crippen molar-refractivity contribution >= 4 is 38.6 Å². The van der Waals surface area contributed by atoms with E-state index in [0.717, 1.165) is 29.7 Å². The van der Waals surface area contributed by atoms with Gasteiger partial charge in [0.1, 0.15) is 17.0 Å². The number of hydrogen-bond donors (Lipinski definition) is 3. The van der Waals surface area contributed by atoms with Crippen LogP contribution in [0.25, 0.3) is 10.2 Å². The number of carbonyl (C=O) groups is 2. The van der Waals surface area contributed by atoms with Crippen LogP contribution in [0.1, 0.15) is 26.4 Å². The van der Waals surface area contributed by atoms with E-state index in [1.807, 2.05) is 0 Å². The first kappa shape index (κ1) is 17.6. The van der Waals surface area contributed by atoms with Gasteiger partial charge in [0, 0.05) is 12.3 Å². The second kappa shape index (κ2) is 6.26. The molecule has 0 bridgehead atoms. The molecule has 3 rings (SSSR count). The highest BCUT2D eigenvalue weighted by atomic mass is 32.1. The molecule has 0 radical (unpaired) electrons. The van der Waals surface area contributed by atoms with E-state index >= 15 is 0 Å². The summed E-state index contributed by atoms with van der Waals surface area (Å²) < 4.78 is 37.8. The first-order valence-corrected chi connectivity index (χ1v) is 7.68. The summed E-state index contributed by atoms with van der Waals surface area (Å²) in [6, 6.07) is 4.02. The lowest BCUT2D eigenvalue weighted by Crippen LogP contribution is -2.14. The molecule has 1 aromatic carbocycles. The van der Waals surface area contributed by atoms with Gasteiger partial charge in [-0.15, -0.1) is 0 Å². The summed E-state index contributed by atoms with van der Waals surface area (Å²) >= 11 is 0.950. The van der Waals surface area contributed by atoms with E-state index in [9.17, 15) is 27.9 Å². The van der Waals surface area contributed by atoms with E-state index in [4.69, 9.17) is 5.11 Å². The van der Waals surface area contributed by atoms with Crippen molar-refractivity contribution in [3.8, 4) is 5.75 Å². The van der Waals surface area contributed by atoms with Crippen LogP contribution in [0.3, 0.4) is 0 Å². The number of carboxylic acid groups (broad SMARTS) is 1. The fourth-order valence-electron chi connectivity index (χ4n) is 2.05. The molecule has 0 saturated carbocycles. The largest absolute Gasteiger partial charge is 0.507 e. The van der Waals surface area contributed by atoms with Crippen LogP contribution in [0.15, 0.2) is 30.5 Å². The topological polar surface area (TPSA) is 112 Å². The number of anilines is 1. The quantitative estimate of drug-likeness (QED) is 0.639. The maximum absolute atomic E-state index is 12.5. The van der Waals surface area contributed by atoms with Crippen LogP contribution in [0, 0.1) is 0 Å². The molecule has 11 heteroatoms. The second-order valence-electron chi connectivity index (χ2n) is 5.05. The summed E-state index contributed by atoms with van der Waals surface area (Å²) in [5.41, 5.74) is -1.28. The van der Waals surface area contributed by atoms with Crippen LogP contribution in [-0.4, -0.2) is 32.1 Å². The lowest BCUT2D eigenvalue weighted by atomic mass is 10.2. The van der Waals surface area contributed by atoms with Crippen LogP contribution >= 0.6 is 11.3 Å². The Morgan fingerprint density at radius 1 is 1.19 bits per heavy atom. The molecule has 3 aromatic rings. The van der Waals surface area contributed by atoms with Crippen LogP contribution in [-0.2, 0) is 6.18 Å². The predicted octanol–water partition coefficient (Wildman–Crippen LogP) is 3.37. The summed E-state index contributed by atoms with van der Waals surface area (Å²) in [7, 11) is 0. The molecule has 0 aliphatic heterocycles. The zero-order chi connectivity index (χ0) is 19.1. The SMILES string of the molecule is O=C(Nc1nc2cc(O)c(C(=O)O)cc2s1)c1ccc(C(F)(F)F)nc1. The summed E-state index contributed by atoms with van der Waals surface area (Å²) in [6.07, 6.45) is -3.81. The number of phenols is 1. The zero-order valence-electron chi connectivity index (χ0n) is 12.5. The Bertz CT molecular complexity index is 1020. The molecule has 3 N–H and O–H groups in total. The second-order valence-corrected chi connectivity index (χ2v) is 6.08. The molecule has 1 amide bonds. The number of amides is 1. The molecule has 0 atom stereocenters. The van der Waals surface area contributed by atoms with Gasteiger partial charge >= 0.3 is 12.1 Å². The number of carbonyl (C=O) groups excluding carboxylic acids is 1. The summed E-state index contributed by atoms with van der Waals surface area (Å²) in [6.45, 7) is 0. The van der Waals surface area contributed by atoms with E-state index in [1.54, 1.807) is 0 Å². The van der Waals surface area contributed by atoms with Crippen molar-refractivity contribution < 1.29 is 33.0 Å². The lowest BCUT2D eigenvalue weighted by Gasteiger charge is -2.06. The number of rotatable bonds is 3. The van der Waals surface area contributed by atoms with Crippen molar-refractivity contribution in [1.82, 2.24) is 9.97 Å². The lowest BCUT2D eigenvalue weighted by molar-refractivity contribution is -0.141. The Morgan fingerprint density at radius 3 is 2.50 bits per heavy atom. The van der Waals surface area contributed by atoms with E-state index < -0.39 is 29.5 Å². The minimum atomic E-state index is -4.61. The van der Waals surface area contributed by atoms with Gasteiger partial charge in [0.2, 0.25) is 0 Å². The minimum absolute atomic E-state index is 0.0897. The van der Waals surface area contributed by atoms with Gasteiger partial charge in [-0.2, -0.15) is 13.2 Å². The van der Waals surface area contributed by atoms with Crippen LogP contribution in [0.4, 0.5) is 18.3 Å². The summed E-state index contributed by atoms with van der Waals surface area (Å²) in [5.74, 6) is -2.52. The van der Waals surface area contributed by atoms with Crippen molar-refractivity contribution in [1.29, 1.82) is 0 Å². The monoisotopic (exact) mass is 383 g/mol. The first-order chi connectivity index (χ1) is 12.1. The maximum Gasteiger partial charge on any atom is 0.433 e. The van der Waals surface area contributed by atoms with Gasteiger partial charge in [0.25, 0.3) is 5.91 Å². The van der Waals surface area contributed by atoms with Gasteiger partial charge in [0.15, 0.2) is 5.13 Å². The van der Waals surface area contributed by atoms with Gasteiger partial charge in [-0.05, 0) is 18.2 Å². The van der Waals surface area contributed by atoms with Crippen molar-refractivity contribution in [3.05, 3.63) is 47.3 Å². The Balaban J connectivity index is 1.84. The number of alkyl halides is 3. The Kier molecular flexibility index (Phi) is 4.24. The number of hydrogen-bond acceptors (Lipinski definition) is 6. The minimum Gasteiger partial charge on any atom is -0.507 e. The number of aromatic nitrogens is 2. The fraction of sp³-hybridized carbons (Fsp3) is 0.0667. The van der Waals surface area contributed by atoms with Gasteiger partial charge in [-0.3, -0.25) is 15.1 Å². The van der Waals surface area contributed by atoms with Crippen molar-refractivity contribution in [2.24, 2.45) is 0 Å². The van der Waals surface area contributed by atoms with E-state index in [0.29, 0.717) is 10.8 Å². The van der Waals surface area contributed by atoms with Gasteiger partial charge in [-0.25, -0.2) is 9.78 Å². The van der Waals surface area contributed by atoms with E-state index in [-0.39, 0.29) is 21.8 Å². The number of benzene rings is 1. The van der Waals surface area contributed by atoms with Crippen LogP contribution < -0.4 is 5.32 Å². The third-order valence-electron chi connectivity index (χ3n) is 3.27. The van der Waals surface area contributed by atoms with Crippen LogP contribution in [0.2, 0.25) is 0 Å². The molecule has 134 valence electrons. The number of aromatic carboxylic acids is 1. The standard InChI is InChI=1S/C15H8F3N3O4S/c16-15(17,18)11-2-1-6(5-19-11)12(23)21-14-20-8-4-9(22)7(13(24)25)3-10(8)26-14/h1-5,22H,(H,24,25)(H,20,21,23). The Labute approximate surface area is 146 Å². The summed E-state index contributed by atoms with van der Waals surface area (Å²) in [4.78, 5) is 30.3. The Hall–Kier alpha value is -3.21. The van der Waals surface area contributed by atoms with Gasteiger partial charge in [-0.1, -0.05) is 11.3 Å². The van der Waals surface area contributed by atoms with E-state index in [1.165, 1.54) is 6.07 Å². The molecule has 0 unspecified atom stereocenters. The number of aromatic hydroxyl groups is 1.